The summed E-state index contributed by atoms with van der Waals surface area (Å²) in [5, 5.41) is 2.86. The van der Waals surface area contributed by atoms with Crippen LogP contribution in [0.2, 0.25) is 0 Å². The van der Waals surface area contributed by atoms with E-state index in [-0.39, 0.29) is 5.91 Å². The molecule has 132 valence electrons. The number of benzene rings is 1. The summed E-state index contributed by atoms with van der Waals surface area (Å²) in [4.78, 5) is 27.0. The normalized spacial score (nSPS) is 10.3. The zero-order chi connectivity index (χ0) is 18.2. The molecule has 0 aliphatic carbocycles. The number of nitrogens with one attached hydrogen (secondary N) is 1. The van der Waals surface area contributed by atoms with Crippen LogP contribution in [0, 0.1) is 0 Å². The first-order valence-corrected chi connectivity index (χ1v) is 8.54. The molecule has 26 heavy (non-hydrogen) atoms. The third kappa shape index (κ3) is 4.63. The Hall–Kier alpha value is -3.28. The number of nitrogens with zero attached hydrogens (tertiary/aromatic N) is 4. The number of carbonyl (C=O) groups excluding carboxylic acids is 1. The highest BCUT2D eigenvalue weighted by Gasteiger charge is 2.12. The van der Waals surface area contributed by atoms with E-state index >= 15 is 0 Å². The molecule has 2 aromatic heterocycles. The molecular formula is C20H21N5O. The van der Waals surface area contributed by atoms with E-state index in [1.165, 1.54) is 11.9 Å². The lowest BCUT2D eigenvalue weighted by molar-refractivity contribution is 0.0945. The Morgan fingerprint density at radius 2 is 1.88 bits per heavy atom. The molecule has 0 unspecified atom stereocenters. The van der Waals surface area contributed by atoms with Crippen LogP contribution in [0.4, 0.5) is 5.82 Å². The Balaban J connectivity index is 1.69. The summed E-state index contributed by atoms with van der Waals surface area (Å²) in [7, 11) is 0. The SMILES string of the molecule is CCN(Cc1ccccc1)c1cc(C(=O)NCc2cccnc2)ncn1. The van der Waals surface area contributed by atoms with Crippen molar-refractivity contribution in [3.8, 4) is 0 Å². The number of pyridine rings is 1. The van der Waals surface area contributed by atoms with Gasteiger partial charge in [0.2, 0.25) is 0 Å². The highest BCUT2D eigenvalue weighted by Crippen LogP contribution is 2.15. The first-order chi connectivity index (χ1) is 12.8. The second kappa shape index (κ2) is 8.71. The molecule has 0 fully saturated rings. The fourth-order valence-electron chi connectivity index (χ4n) is 2.58. The third-order valence-corrected chi connectivity index (χ3v) is 3.98. The van der Waals surface area contributed by atoms with Gasteiger partial charge in [-0.15, -0.1) is 0 Å². The van der Waals surface area contributed by atoms with Crippen LogP contribution in [0.1, 0.15) is 28.5 Å². The Labute approximate surface area is 153 Å². The first kappa shape index (κ1) is 17.5. The van der Waals surface area contributed by atoms with Gasteiger partial charge in [-0.05, 0) is 24.1 Å². The molecule has 6 nitrogen and oxygen atoms in total. The van der Waals surface area contributed by atoms with Gasteiger partial charge in [0.1, 0.15) is 17.8 Å². The van der Waals surface area contributed by atoms with Crippen molar-refractivity contribution in [1.29, 1.82) is 0 Å². The molecule has 0 aliphatic heterocycles. The largest absolute Gasteiger partial charge is 0.352 e. The van der Waals surface area contributed by atoms with Crippen molar-refractivity contribution in [2.45, 2.75) is 20.0 Å². The van der Waals surface area contributed by atoms with Gasteiger partial charge in [0.05, 0.1) is 0 Å². The Kier molecular flexibility index (Phi) is 5.88. The van der Waals surface area contributed by atoms with Gasteiger partial charge in [-0.1, -0.05) is 36.4 Å². The number of anilines is 1. The van der Waals surface area contributed by atoms with Crippen molar-refractivity contribution in [2.24, 2.45) is 0 Å². The maximum atomic E-state index is 12.4. The minimum atomic E-state index is -0.228. The Morgan fingerprint density at radius 1 is 1.08 bits per heavy atom. The van der Waals surface area contributed by atoms with E-state index in [1.807, 2.05) is 30.3 Å². The van der Waals surface area contributed by atoms with Gasteiger partial charge in [0.25, 0.3) is 5.91 Å². The van der Waals surface area contributed by atoms with Gasteiger partial charge >= 0.3 is 0 Å². The van der Waals surface area contributed by atoms with Crippen molar-refractivity contribution in [3.63, 3.8) is 0 Å². The van der Waals surface area contributed by atoms with Gasteiger partial charge in [-0.2, -0.15) is 0 Å². The van der Waals surface area contributed by atoms with E-state index in [4.69, 9.17) is 0 Å². The number of carbonyl (C=O) groups is 1. The molecule has 0 spiro atoms. The van der Waals surface area contributed by atoms with Crippen molar-refractivity contribution in [2.75, 3.05) is 11.4 Å². The molecule has 3 rings (SSSR count). The van der Waals surface area contributed by atoms with Gasteiger partial charge in [0.15, 0.2) is 0 Å². The lowest BCUT2D eigenvalue weighted by atomic mass is 10.2. The number of aromatic nitrogens is 3. The quantitative estimate of drug-likeness (QED) is 0.712. The van der Waals surface area contributed by atoms with Crippen molar-refractivity contribution >= 4 is 11.7 Å². The topological polar surface area (TPSA) is 71.0 Å². The number of amides is 1. The fraction of sp³-hybridized carbons (Fsp3) is 0.200. The van der Waals surface area contributed by atoms with Crippen LogP contribution in [0.25, 0.3) is 0 Å². The van der Waals surface area contributed by atoms with E-state index in [9.17, 15) is 4.79 Å². The van der Waals surface area contributed by atoms with E-state index in [2.05, 4.69) is 44.2 Å². The lowest BCUT2D eigenvalue weighted by Crippen LogP contribution is -2.26. The minimum absolute atomic E-state index is 0.228. The fourth-order valence-corrected chi connectivity index (χ4v) is 2.58. The van der Waals surface area contributed by atoms with Crippen LogP contribution in [0.5, 0.6) is 0 Å². The Morgan fingerprint density at radius 3 is 2.62 bits per heavy atom. The van der Waals surface area contributed by atoms with E-state index in [0.29, 0.717) is 12.2 Å². The monoisotopic (exact) mass is 347 g/mol. The van der Waals surface area contributed by atoms with Gasteiger partial charge in [-0.3, -0.25) is 9.78 Å². The maximum absolute atomic E-state index is 12.4. The molecule has 0 atom stereocenters. The smallest absolute Gasteiger partial charge is 0.270 e. The average molecular weight is 347 g/mol. The summed E-state index contributed by atoms with van der Waals surface area (Å²) < 4.78 is 0. The number of hydrogen-bond donors (Lipinski definition) is 1. The van der Waals surface area contributed by atoms with Gasteiger partial charge < -0.3 is 10.2 Å². The van der Waals surface area contributed by atoms with Crippen LogP contribution in [0.3, 0.4) is 0 Å². The summed E-state index contributed by atoms with van der Waals surface area (Å²) in [6, 6.07) is 15.7. The molecule has 1 aromatic carbocycles. The zero-order valence-electron chi connectivity index (χ0n) is 14.7. The summed E-state index contributed by atoms with van der Waals surface area (Å²) in [5.74, 6) is 0.506. The lowest BCUT2D eigenvalue weighted by Gasteiger charge is -2.22. The summed E-state index contributed by atoms with van der Waals surface area (Å²) in [6.07, 6.45) is 4.86. The van der Waals surface area contributed by atoms with Crippen molar-refractivity contribution in [3.05, 3.63) is 84.1 Å². The van der Waals surface area contributed by atoms with Crippen molar-refractivity contribution in [1.82, 2.24) is 20.3 Å². The number of rotatable bonds is 7. The molecule has 1 amide bonds. The van der Waals surface area contributed by atoms with Crippen LogP contribution in [-0.2, 0) is 13.1 Å². The second-order valence-corrected chi connectivity index (χ2v) is 5.81. The molecule has 0 saturated carbocycles. The summed E-state index contributed by atoms with van der Waals surface area (Å²) >= 11 is 0. The van der Waals surface area contributed by atoms with Crippen molar-refractivity contribution < 1.29 is 4.79 Å². The summed E-state index contributed by atoms with van der Waals surface area (Å²) in [6.45, 7) is 3.98. The van der Waals surface area contributed by atoms with E-state index in [0.717, 1.165) is 24.5 Å². The molecule has 2 heterocycles. The van der Waals surface area contributed by atoms with Crippen LogP contribution < -0.4 is 10.2 Å². The molecule has 1 N–H and O–H groups in total. The zero-order valence-corrected chi connectivity index (χ0v) is 14.7. The predicted octanol–water partition coefficient (Wildman–Crippen LogP) is 2.83. The first-order valence-electron chi connectivity index (χ1n) is 8.54. The standard InChI is InChI=1S/C20H21N5O/c1-2-25(14-16-7-4-3-5-8-16)19-11-18(23-15-24-19)20(26)22-13-17-9-6-10-21-12-17/h3-12,15H,2,13-14H2,1H3,(H,22,26). The Bertz CT molecular complexity index is 839. The summed E-state index contributed by atoms with van der Waals surface area (Å²) in [5.41, 5.74) is 2.48. The molecular weight excluding hydrogens is 326 g/mol. The molecule has 6 heteroatoms. The van der Waals surface area contributed by atoms with Gasteiger partial charge in [0, 0.05) is 38.1 Å². The second-order valence-electron chi connectivity index (χ2n) is 5.81. The van der Waals surface area contributed by atoms with Crippen LogP contribution >= 0.6 is 0 Å². The van der Waals surface area contributed by atoms with E-state index < -0.39 is 0 Å². The van der Waals surface area contributed by atoms with Crippen LogP contribution in [-0.4, -0.2) is 27.4 Å². The highest BCUT2D eigenvalue weighted by atomic mass is 16.1. The van der Waals surface area contributed by atoms with Gasteiger partial charge in [-0.25, -0.2) is 9.97 Å². The average Bonchev–Trinajstić information content (AvgIpc) is 2.72. The molecule has 0 radical (unpaired) electrons. The maximum Gasteiger partial charge on any atom is 0.270 e. The third-order valence-electron chi connectivity index (χ3n) is 3.98. The molecule has 3 aromatic rings. The predicted molar refractivity (Wildman–Crippen MR) is 101 cm³/mol. The minimum Gasteiger partial charge on any atom is -0.352 e. The molecule has 0 bridgehead atoms. The highest BCUT2D eigenvalue weighted by molar-refractivity contribution is 5.92. The van der Waals surface area contributed by atoms with Crippen LogP contribution in [0.15, 0.2) is 67.3 Å². The number of hydrogen-bond acceptors (Lipinski definition) is 5. The van der Waals surface area contributed by atoms with E-state index in [1.54, 1.807) is 18.5 Å². The molecule has 0 aliphatic rings. The molecule has 0 saturated heterocycles.